The summed E-state index contributed by atoms with van der Waals surface area (Å²) in [5.74, 6) is 0.292. The van der Waals surface area contributed by atoms with Crippen molar-refractivity contribution in [3.8, 4) is 0 Å². The lowest BCUT2D eigenvalue weighted by molar-refractivity contribution is -0.142. The number of rotatable bonds is 3. The molecule has 1 rings (SSSR count). The minimum absolute atomic E-state index is 0.269. The topological polar surface area (TPSA) is 46.3 Å². The Morgan fingerprint density at radius 3 is 2.18 bits per heavy atom. The molecule has 0 aromatic carbocycles. The summed E-state index contributed by atoms with van der Waals surface area (Å²) in [6.45, 7) is 9.04. The van der Waals surface area contributed by atoms with Gasteiger partial charge >= 0.3 is 0 Å². The summed E-state index contributed by atoms with van der Waals surface area (Å²) in [5, 5.41) is 0. The molecule has 2 N–H and O–H groups in total. The summed E-state index contributed by atoms with van der Waals surface area (Å²) in [6.07, 6.45) is 5.29. The van der Waals surface area contributed by atoms with Crippen LogP contribution >= 0.6 is 0 Å². The van der Waals surface area contributed by atoms with E-state index in [0.29, 0.717) is 18.0 Å². The number of nitrogens with zero attached hydrogens (tertiary/aromatic N) is 1. The number of amides is 1. The van der Waals surface area contributed by atoms with E-state index in [0.717, 1.165) is 38.6 Å². The molecule has 0 atom stereocenters. The Morgan fingerprint density at radius 2 is 1.76 bits per heavy atom. The van der Waals surface area contributed by atoms with Crippen LogP contribution in [0.5, 0.6) is 0 Å². The predicted octanol–water partition coefficient (Wildman–Crippen LogP) is 2.54. The lowest BCUT2D eigenvalue weighted by Gasteiger charge is -2.39. The fourth-order valence-electron chi connectivity index (χ4n) is 2.53. The van der Waals surface area contributed by atoms with Crippen LogP contribution in [0.25, 0.3) is 0 Å². The Labute approximate surface area is 106 Å². The maximum atomic E-state index is 12.4. The van der Waals surface area contributed by atoms with Crippen molar-refractivity contribution in [1.29, 1.82) is 0 Å². The van der Waals surface area contributed by atoms with Gasteiger partial charge in [0.2, 0.25) is 5.91 Å². The third kappa shape index (κ3) is 3.98. The average molecular weight is 240 g/mol. The van der Waals surface area contributed by atoms with Gasteiger partial charge in [-0.2, -0.15) is 0 Å². The Hall–Kier alpha value is -0.570. The molecular formula is C14H28N2O. The van der Waals surface area contributed by atoms with Crippen molar-refractivity contribution < 1.29 is 4.79 Å². The van der Waals surface area contributed by atoms with Gasteiger partial charge in [0, 0.05) is 24.0 Å². The zero-order valence-electron chi connectivity index (χ0n) is 11.8. The highest BCUT2D eigenvalue weighted by Gasteiger charge is 2.32. The Bertz CT molecular complexity index is 249. The molecule has 0 aromatic rings. The van der Waals surface area contributed by atoms with E-state index in [-0.39, 0.29) is 5.41 Å². The van der Waals surface area contributed by atoms with E-state index in [9.17, 15) is 4.79 Å². The summed E-state index contributed by atoms with van der Waals surface area (Å²) < 4.78 is 0. The molecule has 3 heteroatoms. The van der Waals surface area contributed by atoms with Gasteiger partial charge in [0.1, 0.15) is 0 Å². The van der Waals surface area contributed by atoms with E-state index in [1.165, 1.54) is 0 Å². The van der Waals surface area contributed by atoms with Crippen LogP contribution in [0.15, 0.2) is 0 Å². The molecule has 0 saturated heterocycles. The first-order valence-electron chi connectivity index (χ1n) is 6.93. The maximum Gasteiger partial charge on any atom is 0.228 e. The molecule has 0 spiro atoms. The van der Waals surface area contributed by atoms with E-state index < -0.39 is 0 Å². The van der Waals surface area contributed by atoms with Crippen molar-refractivity contribution >= 4 is 5.91 Å². The third-order valence-corrected chi connectivity index (χ3v) is 3.55. The van der Waals surface area contributed by atoms with E-state index in [1.807, 2.05) is 20.8 Å². The molecule has 1 fully saturated rings. The largest absolute Gasteiger partial charge is 0.339 e. The van der Waals surface area contributed by atoms with Gasteiger partial charge in [-0.3, -0.25) is 4.79 Å². The predicted molar refractivity (Wildman–Crippen MR) is 71.7 cm³/mol. The summed E-state index contributed by atoms with van der Waals surface area (Å²) in [5.41, 5.74) is 5.66. The van der Waals surface area contributed by atoms with Crippen molar-refractivity contribution in [3.05, 3.63) is 0 Å². The maximum absolute atomic E-state index is 12.4. The van der Waals surface area contributed by atoms with Crippen LogP contribution in [0.2, 0.25) is 0 Å². The number of hydrogen-bond donors (Lipinski definition) is 1. The Kier molecular flexibility index (Phi) is 4.99. The number of hydrogen-bond acceptors (Lipinski definition) is 2. The first-order chi connectivity index (χ1) is 7.86. The summed E-state index contributed by atoms with van der Waals surface area (Å²) in [4.78, 5) is 14.5. The van der Waals surface area contributed by atoms with Gasteiger partial charge in [-0.05, 0) is 32.1 Å². The minimum atomic E-state index is -0.269. The van der Waals surface area contributed by atoms with Crippen molar-refractivity contribution in [1.82, 2.24) is 4.90 Å². The van der Waals surface area contributed by atoms with E-state index in [4.69, 9.17) is 5.73 Å². The molecule has 3 nitrogen and oxygen atoms in total. The Balaban J connectivity index is 2.68. The van der Waals surface area contributed by atoms with Crippen molar-refractivity contribution in [2.24, 2.45) is 11.1 Å². The monoisotopic (exact) mass is 240 g/mol. The fraction of sp³-hybridized carbons (Fsp3) is 0.929. The highest BCUT2D eigenvalue weighted by molar-refractivity contribution is 5.81. The molecule has 0 aromatic heterocycles. The second-order valence-corrected chi connectivity index (χ2v) is 6.32. The summed E-state index contributed by atoms with van der Waals surface area (Å²) in [6, 6.07) is 0.765. The Morgan fingerprint density at radius 1 is 1.24 bits per heavy atom. The molecule has 0 aliphatic heterocycles. The zero-order valence-corrected chi connectivity index (χ0v) is 11.8. The molecule has 100 valence electrons. The molecular weight excluding hydrogens is 212 g/mol. The second-order valence-electron chi connectivity index (χ2n) is 6.32. The van der Waals surface area contributed by atoms with Crippen LogP contribution in [0, 0.1) is 5.41 Å². The van der Waals surface area contributed by atoms with Gasteiger partial charge < -0.3 is 10.6 Å². The van der Waals surface area contributed by atoms with Gasteiger partial charge in [0.25, 0.3) is 0 Å². The first kappa shape index (κ1) is 14.5. The van der Waals surface area contributed by atoms with Crippen molar-refractivity contribution in [3.63, 3.8) is 0 Å². The van der Waals surface area contributed by atoms with Crippen LogP contribution < -0.4 is 5.73 Å². The van der Waals surface area contributed by atoms with Crippen molar-refractivity contribution in [2.45, 2.75) is 71.9 Å². The number of carbonyl (C=O) groups excluding carboxylic acids is 1. The molecule has 0 unspecified atom stereocenters. The van der Waals surface area contributed by atoms with Gasteiger partial charge in [-0.25, -0.2) is 0 Å². The zero-order chi connectivity index (χ0) is 13.1. The quantitative estimate of drug-likeness (QED) is 0.824. The molecule has 17 heavy (non-hydrogen) atoms. The van der Waals surface area contributed by atoms with Gasteiger partial charge in [0.05, 0.1) is 0 Å². The van der Waals surface area contributed by atoms with Crippen molar-refractivity contribution in [2.75, 3.05) is 6.54 Å². The number of nitrogens with two attached hydrogens (primary N) is 1. The lowest BCUT2D eigenvalue weighted by Crippen LogP contribution is -2.48. The van der Waals surface area contributed by atoms with Gasteiger partial charge in [0.15, 0.2) is 0 Å². The summed E-state index contributed by atoms with van der Waals surface area (Å²) >= 11 is 0. The SMILES string of the molecule is CCCN(C(=O)C(C)(C)C)C1CCC(N)CC1. The highest BCUT2D eigenvalue weighted by Crippen LogP contribution is 2.26. The van der Waals surface area contributed by atoms with E-state index in [2.05, 4.69) is 11.8 Å². The molecule has 0 heterocycles. The summed E-state index contributed by atoms with van der Waals surface area (Å²) in [7, 11) is 0. The van der Waals surface area contributed by atoms with Crippen LogP contribution in [0.3, 0.4) is 0 Å². The standard InChI is InChI=1S/C14H28N2O/c1-5-10-16(13(17)14(2,3)4)12-8-6-11(15)7-9-12/h11-12H,5-10,15H2,1-4H3. The lowest BCUT2D eigenvalue weighted by atomic mass is 9.87. The number of carbonyl (C=O) groups is 1. The average Bonchev–Trinajstić information content (AvgIpc) is 2.25. The molecule has 1 amide bonds. The molecule has 1 aliphatic rings. The van der Waals surface area contributed by atoms with Gasteiger partial charge in [-0.1, -0.05) is 27.7 Å². The molecule has 0 bridgehead atoms. The van der Waals surface area contributed by atoms with Gasteiger partial charge in [-0.15, -0.1) is 0 Å². The molecule has 0 radical (unpaired) electrons. The fourth-order valence-corrected chi connectivity index (χ4v) is 2.53. The normalized spacial score (nSPS) is 25.7. The van der Waals surface area contributed by atoms with E-state index >= 15 is 0 Å². The van der Waals surface area contributed by atoms with Crippen LogP contribution in [0.4, 0.5) is 0 Å². The smallest absolute Gasteiger partial charge is 0.228 e. The van der Waals surface area contributed by atoms with E-state index in [1.54, 1.807) is 0 Å². The molecule has 1 aliphatic carbocycles. The highest BCUT2D eigenvalue weighted by atomic mass is 16.2. The van der Waals surface area contributed by atoms with Crippen LogP contribution in [0.1, 0.15) is 59.8 Å². The third-order valence-electron chi connectivity index (χ3n) is 3.55. The minimum Gasteiger partial charge on any atom is -0.339 e. The second kappa shape index (κ2) is 5.85. The first-order valence-corrected chi connectivity index (χ1v) is 6.93. The van der Waals surface area contributed by atoms with Crippen LogP contribution in [-0.4, -0.2) is 29.4 Å². The van der Waals surface area contributed by atoms with Crippen LogP contribution in [-0.2, 0) is 4.79 Å². The molecule has 1 saturated carbocycles.